The minimum atomic E-state index is -0.0934. The van der Waals surface area contributed by atoms with E-state index >= 15 is 0 Å². The van der Waals surface area contributed by atoms with E-state index in [9.17, 15) is 9.59 Å². The lowest BCUT2D eigenvalue weighted by molar-refractivity contribution is 0.0985. The van der Waals surface area contributed by atoms with E-state index in [0.717, 1.165) is 47.0 Å². The first kappa shape index (κ1) is 24.8. The average Bonchev–Trinajstić information content (AvgIpc) is 3.15. The predicted octanol–water partition coefficient (Wildman–Crippen LogP) is 2.45. The van der Waals surface area contributed by atoms with Crippen LogP contribution < -0.4 is 15.5 Å². The fourth-order valence-corrected chi connectivity index (χ4v) is 4.92. The highest BCUT2D eigenvalue weighted by atomic mass is 16.3. The molecule has 3 amide bonds. The first-order chi connectivity index (χ1) is 17.9. The van der Waals surface area contributed by atoms with Crippen molar-refractivity contribution in [2.45, 2.75) is 20.0 Å². The zero-order valence-corrected chi connectivity index (χ0v) is 21.3. The summed E-state index contributed by atoms with van der Waals surface area (Å²) in [5.74, 6) is 0.783. The molecular weight excluding hydrogens is 470 g/mol. The molecule has 0 unspecified atom stereocenters. The summed E-state index contributed by atoms with van der Waals surface area (Å²) in [5.41, 5.74) is 5.12. The van der Waals surface area contributed by atoms with Crippen molar-refractivity contribution in [2.24, 2.45) is 7.05 Å². The number of nitrogens with zero attached hydrogens (tertiary/aromatic N) is 5. The molecular formula is C27H33N7O3. The third-order valence-electron chi connectivity index (χ3n) is 7.13. The molecule has 2 aromatic carbocycles. The van der Waals surface area contributed by atoms with Gasteiger partial charge >= 0.3 is 6.03 Å². The lowest BCUT2D eigenvalue weighted by Crippen LogP contribution is -2.52. The molecule has 37 heavy (non-hydrogen) atoms. The van der Waals surface area contributed by atoms with Crippen molar-refractivity contribution < 1.29 is 14.7 Å². The number of carbonyl (C=O) groups is 2. The Labute approximate surface area is 216 Å². The number of aliphatic hydroxyl groups excluding tert-OH is 1. The standard InChI is InChI=1S/C27H33N7O3/c1-19-15-20(7-8-21(19)16-28-27(37)33-11-9-32(10-12-33)13-14-35)26(36)34-18-22-17-29-31(2)25(22)30-23-5-3-4-6-24(23)34/h3-8,15,17,30,35H,9-14,16,18H2,1-2H3,(H,28,37). The number of aromatic nitrogens is 2. The topological polar surface area (TPSA) is 106 Å². The van der Waals surface area contributed by atoms with Gasteiger partial charge in [0.2, 0.25) is 0 Å². The normalized spacial score (nSPS) is 15.4. The van der Waals surface area contributed by atoms with Gasteiger partial charge in [-0.1, -0.05) is 18.2 Å². The predicted molar refractivity (Wildman–Crippen MR) is 142 cm³/mol. The fraction of sp³-hybridized carbons (Fsp3) is 0.370. The van der Waals surface area contributed by atoms with Crippen molar-refractivity contribution in [2.75, 3.05) is 49.5 Å². The number of benzene rings is 2. The van der Waals surface area contributed by atoms with Crippen molar-refractivity contribution in [3.05, 3.63) is 70.9 Å². The van der Waals surface area contributed by atoms with Crippen LogP contribution in [0.1, 0.15) is 27.0 Å². The summed E-state index contributed by atoms with van der Waals surface area (Å²) < 4.78 is 1.78. The maximum atomic E-state index is 13.7. The van der Waals surface area contributed by atoms with Crippen molar-refractivity contribution in [1.82, 2.24) is 24.9 Å². The van der Waals surface area contributed by atoms with Gasteiger partial charge in [-0.15, -0.1) is 0 Å². The van der Waals surface area contributed by atoms with Gasteiger partial charge in [0, 0.05) is 57.4 Å². The van der Waals surface area contributed by atoms with E-state index in [1.54, 1.807) is 20.7 Å². The molecule has 0 aliphatic carbocycles. The molecule has 3 aromatic rings. The molecule has 3 heterocycles. The van der Waals surface area contributed by atoms with Crippen LogP contribution in [0.4, 0.5) is 22.0 Å². The first-order valence-electron chi connectivity index (χ1n) is 12.6. The lowest BCUT2D eigenvalue weighted by atomic mass is 10.0. The van der Waals surface area contributed by atoms with E-state index in [2.05, 4.69) is 20.6 Å². The number of amides is 3. The molecule has 2 aliphatic rings. The number of fused-ring (bicyclic) bond motifs is 2. The molecule has 3 N–H and O–H groups in total. The molecule has 10 heteroatoms. The zero-order valence-electron chi connectivity index (χ0n) is 21.3. The molecule has 5 rings (SSSR count). The Morgan fingerprint density at radius 2 is 1.89 bits per heavy atom. The maximum absolute atomic E-state index is 13.7. The molecule has 1 saturated heterocycles. The number of aliphatic hydroxyl groups is 1. The summed E-state index contributed by atoms with van der Waals surface area (Å²) in [6.07, 6.45) is 1.79. The second-order valence-corrected chi connectivity index (χ2v) is 9.53. The van der Waals surface area contributed by atoms with Gasteiger partial charge in [-0.25, -0.2) is 4.79 Å². The van der Waals surface area contributed by atoms with Crippen molar-refractivity contribution in [1.29, 1.82) is 0 Å². The largest absolute Gasteiger partial charge is 0.395 e. The Kier molecular flexibility index (Phi) is 7.11. The van der Waals surface area contributed by atoms with Crippen molar-refractivity contribution >= 4 is 29.1 Å². The minimum Gasteiger partial charge on any atom is -0.395 e. The number of hydrogen-bond donors (Lipinski definition) is 3. The highest BCUT2D eigenvalue weighted by molar-refractivity contribution is 6.08. The van der Waals surface area contributed by atoms with Crippen LogP contribution in [0.3, 0.4) is 0 Å². The molecule has 10 nitrogen and oxygen atoms in total. The third kappa shape index (κ3) is 5.16. The second kappa shape index (κ2) is 10.6. The second-order valence-electron chi connectivity index (χ2n) is 9.53. The summed E-state index contributed by atoms with van der Waals surface area (Å²) in [7, 11) is 1.88. The molecule has 2 aliphatic heterocycles. The number of β-amino-alcohol motifs (C(OH)–C–C–N with tert-alkyl or cyclic N) is 1. The Balaban J connectivity index is 1.27. The van der Waals surface area contributed by atoms with Gasteiger partial charge < -0.3 is 25.5 Å². The van der Waals surface area contributed by atoms with Crippen molar-refractivity contribution in [3.8, 4) is 0 Å². The number of piperazine rings is 1. The van der Waals surface area contributed by atoms with Gasteiger partial charge in [-0.2, -0.15) is 5.10 Å². The number of rotatable bonds is 5. The highest BCUT2D eigenvalue weighted by Gasteiger charge is 2.27. The Morgan fingerprint density at radius 3 is 2.65 bits per heavy atom. The quantitative estimate of drug-likeness (QED) is 0.494. The first-order valence-corrected chi connectivity index (χ1v) is 12.6. The molecule has 194 valence electrons. The van der Waals surface area contributed by atoms with Crippen LogP contribution in [0, 0.1) is 6.92 Å². The summed E-state index contributed by atoms with van der Waals surface area (Å²) in [5, 5.41) is 19.9. The van der Waals surface area contributed by atoms with E-state index in [1.165, 1.54) is 0 Å². The fourth-order valence-electron chi connectivity index (χ4n) is 4.92. The van der Waals surface area contributed by atoms with E-state index in [4.69, 9.17) is 5.11 Å². The zero-order chi connectivity index (χ0) is 25.9. The number of aryl methyl sites for hydroxylation is 2. The van der Waals surface area contributed by atoms with Crippen LogP contribution in [-0.2, 0) is 20.1 Å². The highest BCUT2D eigenvalue weighted by Crippen LogP contribution is 2.36. The number of para-hydroxylation sites is 2. The summed E-state index contributed by atoms with van der Waals surface area (Å²) in [6.45, 7) is 6.35. The maximum Gasteiger partial charge on any atom is 0.317 e. The molecule has 0 atom stereocenters. The van der Waals surface area contributed by atoms with Crippen LogP contribution in [-0.4, -0.2) is 76.0 Å². The molecule has 0 spiro atoms. The summed E-state index contributed by atoms with van der Waals surface area (Å²) in [6, 6.07) is 13.3. The van der Waals surface area contributed by atoms with E-state index in [0.29, 0.717) is 38.3 Å². The minimum absolute atomic E-state index is 0.0922. The monoisotopic (exact) mass is 503 g/mol. The third-order valence-corrected chi connectivity index (χ3v) is 7.13. The SMILES string of the molecule is Cc1cc(C(=O)N2Cc3cnn(C)c3Nc3ccccc32)ccc1CNC(=O)N1CCN(CCO)CC1. The lowest BCUT2D eigenvalue weighted by Gasteiger charge is -2.34. The van der Waals surface area contributed by atoms with Gasteiger partial charge in [0.15, 0.2) is 0 Å². The van der Waals surface area contributed by atoms with Crippen LogP contribution in [0.2, 0.25) is 0 Å². The number of urea groups is 1. The summed E-state index contributed by atoms with van der Waals surface area (Å²) >= 11 is 0. The Morgan fingerprint density at radius 1 is 1.11 bits per heavy atom. The molecule has 1 fully saturated rings. The van der Waals surface area contributed by atoms with Crippen LogP contribution in [0.15, 0.2) is 48.7 Å². The van der Waals surface area contributed by atoms with Gasteiger partial charge in [0.25, 0.3) is 5.91 Å². The van der Waals surface area contributed by atoms with Gasteiger partial charge in [-0.05, 0) is 42.3 Å². The Hall–Kier alpha value is -3.89. The smallest absolute Gasteiger partial charge is 0.317 e. The summed E-state index contributed by atoms with van der Waals surface area (Å²) in [4.78, 5) is 32.1. The van der Waals surface area contributed by atoms with E-state index < -0.39 is 0 Å². The van der Waals surface area contributed by atoms with Gasteiger partial charge in [0.05, 0.1) is 30.7 Å². The average molecular weight is 504 g/mol. The van der Waals surface area contributed by atoms with Crippen LogP contribution in [0.25, 0.3) is 0 Å². The molecule has 0 saturated carbocycles. The van der Waals surface area contributed by atoms with Gasteiger partial charge in [-0.3, -0.25) is 14.4 Å². The Bertz CT molecular complexity index is 1300. The van der Waals surface area contributed by atoms with Crippen molar-refractivity contribution in [3.63, 3.8) is 0 Å². The van der Waals surface area contributed by atoms with E-state index in [-0.39, 0.29) is 18.5 Å². The van der Waals surface area contributed by atoms with Crippen LogP contribution in [0.5, 0.6) is 0 Å². The van der Waals surface area contributed by atoms with E-state index in [1.807, 2.05) is 56.4 Å². The molecule has 1 aromatic heterocycles. The number of anilines is 3. The van der Waals surface area contributed by atoms with Crippen LogP contribution >= 0.6 is 0 Å². The molecule has 0 bridgehead atoms. The number of hydrogen-bond acceptors (Lipinski definition) is 6. The molecule has 0 radical (unpaired) electrons. The number of carbonyl (C=O) groups excluding carboxylic acids is 2. The number of nitrogens with one attached hydrogen (secondary N) is 2. The van der Waals surface area contributed by atoms with Gasteiger partial charge in [0.1, 0.15) is 5.82 Å².